The van der Waals surface area contributed by atoms with Gasteiger partial charge in [0, 0.05) is 92.2 Å². The average Bonchev–Trinajstić information content (AvgIpc) is 0.685. The van der Waals surface area contributed by atoms with E-state index in [1.165, 1.54) is 136 Å². The monoisotopic (exact) mass is 1550 g/mol. The standard InChI is InChI=1S/C110H104B2N4OS/c1-109(2,3)83-57-49-79(50-58-83)92-43-28-44-93(80-51-59-84(60-52-80)110(4,5)6)108(92)116-99-72-104-97(112-95-46-23-25-48-102(95)117-103-69-91(70-105(118-104)107(103)112)114(87-63-55-78(56-64-87)74-31-14-8-15-32-74)89-42-27-38-82(66-89)76-35-18-10-19-36-76)71-96(99)111-94-45-22-24-47-98(94)115(85-39-20-11-21-40-85)100-67-90(68-101(116)106(100)111)113(86-61-53-77(54-62-86)73-29-12-7-13-30-73)88-41-26-37-81(65-88)75-33-16-9-17-34-75/h7-23,25-26,28-37,39-41,43-46,48-65,67,69,71,82,89-90,94,97-99,101,104-106H,24,27,38,42,47,66,68,70,72H2,1-6H3. The zero-order valence-electron chi connectivity index (χ0n) is 68.9. The largest absolute Gasteiger partial charge is 0.459 e. The molecule has 582 valence electrons. The van der Waals surface area contributed by atoms with Crippen LogP contribution in [0, 0.1) is 0 Å². The van der Waals surface area contributed by atoms with Gasteiger partial charge in [0.2, 0.25) is 6.71 Å². The van der Waals surface area contributed by atoms with Gasteiger partial charge in [-0.05, 0) is 212 Å². The van der Waals surface area contributed by atoms with Gasteiger partial charge in [0.1, 0.15) is 11.5 Å². The molecule has 5 nitrogen and oxygen atoms in total. The highest BCUT2D eigenvalue weighted by Gasteiger charge is 2.63. The molecule has 8 heteroatoms. The molecule has 4 aliphatic heterocycles. The molecule has 1 saturated carbocycles. The summed E-state index contributed by atoms with van der Waals surface area (Å²) >= 11 is 2.31. The van der Waals surface area contributed by atoms with E-state index in [2.05, 4.69) is 419 Å². The van der Waals surface area contributed by atoms with Crippen LogP contribution in [0.25, 0.3) is 55.6 Å². The number of allylic oxidation sites excluding steroid dienone is 4. The van der Waals surface area contributed by atoms with Crippen molar-refractivity contribution in [3.05, 3.63) is 391 Å². The highest BCUT2D eigenvalue weighted by Crippen LogP contribution is 2.64. The first kappa shape index (κ1) is 74.4. The van der Waals surface area contributed by atoms with Gasteiger partial charge in [-0.1, -0.05) is 333 Å². The topological polar surface area (TPSA) is 22.2 Å². The fraction of sp³-hybridized carbons (Fsp3) is 0.255. The summed E-state index contributed by atoms with van der Waals surface area (Å²) in [6, 6.07) is 121. The van der Waals surface area contributed by atoms with Crippen LogP contribution >= 0.6 is 11.8 Å². The molecular formula is C110H104B2N4OS. The molecule has 12 aromatic rings. The normalized spacial score (nSPS) is 23.5. The first-order valence-corrected chi connectivity index (χ1v) is 44.8. The molecule has 21 rings (SSSR count). The van der Waals surface area contributed by atoms with Crippen LogP contribution in [0.15, 0.2) is 374 Å². The molecule has 0 aromatic heterocycles. The molecule has 0 spiro atoms. The molecule has 0 bridgehead atoms. The fourth-order valence-corrected chi connectivity index (χ4v) is 24.5. The molecule has 0 radical (unpaired) electrons. The highest BCUT2D eigenvalue weighted by atomic mass is 32.2. The van der Waals surface area contributed by atoms with Crippen LogP contribution in [0.5, 0.6) is 5.75 Å². The highest BCUT2D eigenvalue weighted by molar-refractivity contribution is 8.01. The van der Waals surface area contributed by atoms with Gasteiger partial charge in [-0.25, -0.2) is 0 Å². The van der Waals surface area contributed by atoms with E-state index < -0.39 is 0 Å². The molecule has 118 heavy (non-hydrogen) atoms. The third-order valence-corrected chi connectivity index (χ3v) is 29.8. The number of para-hydroxylation sites is 3. The molecule has 3 saturated heterocycles. The van der Waals surface area contributed by atoms with Crippen molar-refractivity contribution in [2.75, 3.05) is 19.6 Å². The number of anilines is 5. The molecule has 4 heterocycles. The Morgan fingerprint density at radius 2 is 1.02 bits per heavy atom. The van der Waals surface area contributed by atoms with Crippen LogP contribution in [0.3, 0.4) is 0 Å². The van der Waals surface area contributed by atoms with Crippen LogP contribution < -0.4 is 29.8 Å². The van der Waals surface area contributed by atoms with Crippen molar-refractivity contribution in [1.29, 1.82) is 0 Å². The number of ether oxygens (including phenoxy) is 1. The SMILES string of the molecule is CC(C)(C)c1ccc(-c2cccc(-c3ccc(C(C)(C)C)cc3)c2N2C3CC4SC5CC(N(c6ccc(-c7ccccc7)cc6)C6CCCC(c7ccccc7)C6)=CC6=C5B(c5ccccc5O6)C4C=C3B3C4C=CCCC4N(c4ccccc4)C4=CC(N(c5ccc(-c6ccccc6)cc5)c5cccc(-c6ccccc6)c5)CC2C34)cc1. The van der Waals surface area contributed by atoms with Crippen molar-refractivity contribution in [2.45, 2.75) is 174 Å². The van der Waals surface area contributed by atoms with E-state index in [-0.39, 0.29) is 76.4 Å². The predicted octanol–water partition coefficient (Wildman–Crippen LogP) is 27.0. The average molecular weight is 1550 g/mol. The van der Waals surface area contributed by atoms with Crippen LogP contribution in [0.4, 0.5) is 28.4 Å². The Labute approximate surface area is 704 Å². The summed E-state index contributed by atoms with van der Waals surface area (Å²) in [7, 11) is 0. The molecule has 4 fully saturated rings. The summed E-state index contributed by atoms with van der Waals surface area (Å²) in [4.78, 5) is 11.7. The lowest BCUT2D eigenvalue weighted by molar-refractivity contribution is 0.379. The second-order valence-electron chi connectivity index (χ2n) is 37.0. The summed E-state index contributed by atoms with van der Waals surface area (Å²) < 4.78 is 7.58. The molecule has 12 aromatic carbocycles. The fourth-order valence-electron chi connectivity index (χ4n) is 22.7. The minimum Gasteiger partial charge on any atom is -0.459 e. The van der Waals surface area contributed by atoms with E-state index in [0.717, 1.165) is 56.5 Å². The molecule has 5 aliphatic carbocycles. The molecule has 11 atom stereocenters. The van der Waals surface area contributed by atoms with Gasteiger partial charge in [0.25, 0.3) is 0 Å². The van der Waals surface area contributed by atoms with Gasteiger partial charge >= 0.3 is 0 Å². The van der Waals surface area contributed by atoms with E-state index >= 15 is 0 Å². The van der Waals surface area contributed by atoms with Crippen molar-refractivity contribution in [3.63, 3.8) is 0 Å². The maximum Gasteiger partial charge on any atom is 0.223 e. The van der Waals surface area contributed by atoms with Crippen molar-refractivity contribution in [3.8, 4) is 61.4 Å². The van der Waals surface area contributed by atoms with Crippen LogP contribution in [-0.2, 0) is 10.8 Å². The number of benzene rings is 12. The van der Waals surface area contributed by atoms with Gasteiger partial charge in [-0.3, -0.25) is 0 Å². The van der Waals surface area contributed by atoms with Gasteiger partial charge in [-0.15, -0.1) is 0 Å². The Morgan fingerprint density at radius 3 is 1.64 bits per heavy atom. The quantitative estimate of drug-likeness (QED) is 0.0794. The number of hydrogen-bond donors (Lipinski definition) is 0. The Kier molecular flexibility index (Phi) is 19.3. The molecule has 0 amide bonds. The maximum absolute atomic E-state index is 7.58. The number of hydrogen-bond acceptors (Lipinski definition) is 6. The van der Waals surface area contributed by atoms with Crippen LogP contribution in [0.2, 0.25) is 17.5 Å². The second-order valence-corrected chi connectivity index (χ2v) is 38.4. The van der Waals surface area contributed by atoms with Crippen molar-refractivity contribution in [1.82, 2.24) is 0 Å². The Hall–Kier alpha value is -11.2. The van der Waals surface area contributed by atoms with Gasteiger partial charge in [0.05, 0.1) is 11.7 Å². The third-order valence-electron chi connectivity index (χ3n) is 28.1. The first-order valence-electron chi connectivity index (χ1n) is 43.8. The molecule has 11 unspecified atom stereocenters. The Bertz CT molecular complexity index is 5780. The van der Waals surface area contributed by atoms with Crippen LogP contribution in [0.1, 0.15) is 122 Å². The lowest BCUT2D eigenvalue weighted by Gasteiger charge is -2.64. The summed E-state index contributed by atoms with van der Waals surface area (Å²) in [5.41, 5.74) is 30.1. The summed E-state index contributed by atoms with van der Waals surface area (Å²) in [5, 5.41) is 0.444. The van der Waals surface area contributed by atoms with E-state index in [1.807, 2.05) is 0 Å². The van der Waals surface area contributed by atoms with E-state index in [4.69, 9.17) is 4.74 Å². The summed E-state index contributed by atoms with van der Waals surface area (Å²) in [6.07, 6.45) is 23.2. The molecular weight excluding hydrogens is 1450 g/mol. The first-order chi connectivity index (χ1) is 57.8. The third kappa shape index (κ3) is 13.5. The Balaban J connectivity index is 0.788. The smallest absolute Gasteiger partial charge is 0.223 e. The molecule has 9 aliphatic rings. The number of nitrogens with zero attached hydrogens (tertiary/aromatic N) is 4. The summed E-state index contributed by atoms with van der Waals surface area (Å²) in [5.74, 6) is 3.12. The predicted molar refractivity (Wildman–Crippen MR) is 501 cm³/mol. The van der Waals surface area contributed by atoms with Crippen molar-refractivity contribution in [2.24, 2.45) is 0 Å². The minimum absolute atomic E-state index is 0.0166. The zero-order valence-corrected chi connectivity index (χ0v) is 69.7. The van der Waals surface area contributed by atoms with E-state index in [9.17, 15) is 0 Å². The number of rotatable bonds is 14. The van der Waals surface area contributed by atoms with Gasteiger partial charge in [0.15, 0.2) is 6.71 Å². The number of fused-ring (bicyclic) bond motifs is 8. The number of thioether (sulfide) groups is 1. The van der Waals surface area contributed by atoms with Gasteiger partial charge < -0.3 is 24.3 Å². The maximum atomic E-state index is 7.58. The lowest BCUT2D eigenvalue weighted by Crippen LogP contribution is -2.69. The van der Waals surface area contributed by atoms with Crippen molar-refractivity contribution >= 4 is 59.1 Å². The van der Waals surface area contributed by atoms with Gasteiger partial charge in [-0.2, -0.15) is 11.8 Å². The Morgan fingerprint density at radius 1 is 0.466 bits per heavy atom. The van der Waals surface area contributed by atoms with E-state index in [1.54, 1.807) is 5.47 Å². The summed E-state index contributed by atoms with van der Waals surface area (Å²) in [6.45, 7) is 14.5. The lowest BCUT2D eigenvalue weighted by atomic mass is 9.21. The van der Waals surface area contributed by atoms with Crippen LogP contribution in [-0.4, -0.2) is 54.1 Å². The second kappa shape index (κ2) is 30.6. The van der Waals surface area contributed by atoms with Crippen molar-refractivity contribution < 1.29 is 4.74 Å². The minimum atomic E-state index is -0.0875. The molecule has 0 N–H and O–H groups in total. The zero-order chi connectivity index (χ0) is 79.3. The van der Waals surface area contributed by atoms with E-state index in [0.29, 0.717) is 12.0 Å².